The second-order valence-corrected chi connectivity index (χ2v) is 7.21. The number of likely N-dealkylation sites (N-methyl/N-ethyl adjacent to an activating group) is 1. The maximum Gasteiger partial charge on any atom is 0.0890 e. The van der Waals surface area contributed by atoms with Gasteiger partial charge in [-0.05, 0) is 53.4 Å². The monoisotopic (exact) mass is 347 g/mol. The maximum atomic E-state index is 3.89. The van der Waals surface area contributed by atoms with E-state index in [2.05, 4.69) is 56.0 Å². The molecule has 1 N–H and O–H groups in total. The average Bonchev–Trinajstić information content (AvgIpc) is 2.76. The first-order chi connectivity index (χ1) is 10.2. The number of benzene rings is 1. The molecule has 2 aliphatic rings. The van der Waals surface area contributed by atoms with Crippen molar-refractivity contribution in [3.05, 3.63) is 33.9 Å². The summed E-state index contributed by atoms with van der Waals surface area (Å²) < 4.78 is 3.79. The second kappa shape index (κ2) is 5.41. The van der Waals surface area contributed by atoms with E-state index in [1.54, 1.807) is 0 Å². The summed E-state index contributed by atoms with van der Waals surface area (Å²) in [6.07, 6.45) is 3.58. The Hall–Kier alpha value is -0.840. The van der Waals surface area contributed by atoms with Gasteiger partial charge in [0.1, 0.15) is 0 Å². The number of aryl methyl sites for hydroxylation is 2. The van der Waals surface area contributed by atoms with Crippen LogP contribution in [0.25, 0.3) is 10.9 Å². The molecule has 0 bridgehead atoms. The summed E-state index contributed by atoms with van der Waals surface area (Å²) in [6.45, 7) is 4.54. The summed E-state index contributed by atoms with van der Waals surface area (Å²) in [7, 11) is 2.22. The summed E-state index contributed by atoms with van der Waals surface area (Å²) in [5.41, 5.74) is 4.47. The van der Waals surface area contributed by atoms with Gasteiger partial charge in [0.15, 0.2) is 0 Å². The Bertz CT molecular complexity index is 676. The highest BCUT2D eigenvalue weighted by atomic mass is 79.9. The van der Waals surface area contributed by atoms with Crippen molar-refractivity contribution in [3.8, 4) is 0 Å². The van der Waals surface area contributed by atoms with Crippen LogP contribution in [0.2, 0.25) is 0 Å². The number of rotatable bonds is 2. The topological polar surface area (TPSA) is 20.2 Å². The molecule has 1 saturated heterocycles. The van der Waals surface area contributed by atoms with Gasteiger partial charge in [0.25, 0.3) is 0 Å². The molecule has 1 aromatic heterocycles. The molecule has 1 unspecified atom stereocenters. The van der Waals surface area contributed by atoms with E-state index in [0.717, 1.165) is 32.6 Å². The number of nitrogens with one attached hydrogen (secondary N) is 1. The van der Waals surface area contributed by atoms with Crippen molar-refractivity contribution in [3.63, 3.8) is 0 Å². The van der Waals surface area contributed by atoms with Crippen LogP contribution in [0, 0.1) is 0 Å². The van der Waals surface area contributed by atoms with Crippen LogP contribution in [0.5, 0.6) is 0 Å². The quantitative estimate of drug-likeness (QED) is 0.901. The van der Waals surface area contributed by atoms with Crippen LogP contribution in [0.3, 0.4) is 0 Å². The first-order valence-electron chi connectivity index (χ1n) is 7.94. The van der Waals surface area contributed by atoms with Crippen LogP contribution in [0.1, 0.15) is 17.5 Å². The van der Waals surface area contributed by atoms with Gasteiger partial charge in [-0.2, -0.15) is 0 Å². The average molecular weight is 348 g/mol. The Balaban J connectivity index is 1.75. The second-order valence-electron chi connectivity index (χ2n) is 6.46. The Labute approximate surface area is 134 Å². The maximum absolute atomic E-state index is 3.89. The largest absolute Gasteiger partial charge is 0.335 e. The third-order valence-corrected chi connectivity index (χ3v) is 5.84. The van der Waals surface area contributed by atoms with Crippen LogP contribution in [-0.4, -0.2) is 42.2 Å². The number of hydrogen-bond donors (Lipinski definition) is 1. The molecule has 2 aliphatic heterocycles. The molecule has 0 aliphatic carbocycles. The molecule has 3 nitrogen and oxygen atoms in total. The van der Waals surface area contributed by atoms with E-state index in [1.807, 2.05) is 0 Å². The van der Waals surface area contributed by atoms with E-state index in [9.17, 15) is 0 Å². The van der Waals surface area contributed by atoms with Crippen molar-refractivity contribution in [2.24, 2.45) is 0 Å². The smallest absolute Gasteiger partial charge is 0.0890 e. The van der Waals surface area contributed by atoms with Gasteiger partial charge in [-0.15, -0.1) is 0 Å². The molecular formula is C17H22BrN3. The van der Waals surface area contributed by atoms with Gasteiger partial charge in [-0.3, -0.25) is 0 Å². The summed E-state index contributed by atoms with van der Waals surface area (Å²) in [5.74, 6) is 0. The number of aromatic nitrogens is 1. The first kappa shape index (κ1) is 13.8. The Kier molecular flexibility index (Phi) is 3.56. The van der Waals surface area contributed by atoms with Gasteiger partial charge in [-0.1, -0.05) is 18.2 Å². The van der Waals surface area contributed by atoms with Crippen molar-refractivity contribution in [2.45, 2.75) is 31.8 Å². The van der Waals surface area contributed by atoms with E-state index in [-0.39, 0.29) is 0 Å². The lowest BCUT2D eigenvalue weighted by molar-refractivity contribution is 0.238. The third-order valence-electron chi connectivity index (χ3n) is 4.94. The molecule has 1 fully saturated rings. The van der Waals surface area contributed by atoms with Gasteiger partial charge in [-0.25, -0.2) is 0 Å². The summed E-state index contributed by atoms with van der Waals surface area (Å²) in [6, 6.07) is 7.38. The predicted octanol–water partition coefficient (Wildman–Crippen LogP) is 2.80. The molecule has 1 atom stereocenters. The molecule has 4 rings (SSSR count). The minimum Gasteiger partial charge on any atom is -0.335 e. The van der Waals surface area contributed by atoms with Crippen molar-refractivity contribution in [1.29, 1.82) is 0 Å². The number of piperazine rings is 1. The van der Waals surface area contributed by atoms with E-state index in [0.29, 0.717) is 6.04 Å². The highest BCUT2D eigenvalue weighted by Crippen LogP contribution is 2.36. The van der Waals surface area contributed by atoms with Crippen LogP contribution < -0.4 is 5.32 Å². The lowest BCUT2D eigenvalue weighted by Gasteiger charge is -2.31. The summed E-state index contributed by atoms with van der Waals surface area (Å²) >= 11 is 3.89. The van der Waals surface area contributed by atoms with Crippen LogP contribution in [0.4, 0.5) is 0 Å². The van der Waals surface area contributed by atoms with E-state index in [4.69, 9.17) is 0 Å². The van der Waals surface area contributed by atoms with E-state index < -0.39 is 0 Å². The Morgan fingerprint density at radius 3 is 3.10 bits per heavy atom. The SMILES string of the molecule is CN1CCNC(Cc2c(Br)n3c4c(cccc24)CCC3)C1. The predicted molar refractivity (Wildman–Crippen MR) is 91.0 cm³/mol. The summed E-state index contributed by atoms with van der Waals surface area (Å²) in [5, 5.41) is 5.13. The van der Waals surface area contributed by atoms with E-state index in [1.165, 1.54) is 39.5 Å². The number of halogens is 1. The van der Waals surface area contributed by atoms with Crippen LogP contribution in [-0.2, 0) is 19.4 Å². The highest BCUT2D eigenvalue weighted by molar-refractivity contribution is 9.10. The zero-order chi connectivity index (χ0) is 14.4. The minimum atomic E-state index is 0.559. The molecule has 0 radical (unpaired) electrons. The Morgan fingerprint density at radius 1 is 1.33 bits per heavy atom. The van der Waals surface area contributed by atoms with Gasteiger partial charge in [0.2, 0.25) is 0 Å². The van der Waals surface area contributed by atoms with Crippen molar-refractivity contribution < 1.29 is 0 Å². The molecule has 0 spiro atoms. The molecule has 0 amide bonds. The molecule has 112 valence electrons. The standard InChI is InChI=1S/C17H22BrN3/c1-20-9-7-19-13(11-20)10-15-14-6-2-4-12-5-3-8-21(16(12)14)17(15)18/h2,4,6,13,19H,3,5,7-11H2,1H3. The zero-order valence-corrected chi connectivity index (χ0v) is 14.1. The fourth-order valence-corrected chi connectivity index (χ4v) is 4.66. The van der Waals surface area contributed by atoms with Crippen molar-refractivity contribution >= 4 is 26.8 Å². The van der Waals surface area contributed by atoms with Crippen LogP contribution in [0.15, 0.2) is 22.8 Å². The molecule has 0 saturated carbocycles. The van der Waals surface area contributed by atoms with E-state index >= 15 is 0 Å². The van der Waals surface area contributed by atoms with Crippen molar-refractivity contribution in [2.75, 3.05) is 26.7 Å². The van der Waals surface area contributed by atoms with Gasteiger partial charge in [0.05, 0.1) is 10.1 Å². The van der Waals surface area contributed by atoms with Crippen LogP contribution >= 0.6 is 15.9 Å². The normalized spacial score (nSPS) is 22.9. The lowest BCUT2D eigenvalue weighted by atomic mass is 10.00. The molecule has 2 aromatic rings. The van der Waals surface area contributed by atoms with Gasteiger partial charge in [0, 0.05) is 37.6 Å². The lowest BCUT2D eigenvalue weighted by Crippen LogP contribution is -2.49. The molecule has 1 aromatic carbocycles. The fourth-order valence-electron chi connectivity index (χ4n) is 3.93. The molecule has 3 heterocycles. The molecule has 21 heavy (non-hydrogen) atoms. The number of nitrogens with zero attached hydrogens (tertiary/aromatic N) is 2. The number of hydrogen-bond acceptors (Lipinski definition) is 2. The van der Waals surface area contributed by atoms with Gasteiger partial charge < -0.3 is 14.8 Å². The van der Waals surface area contributed by atoms with Gasteiger partial charge >= 0.3 is 0 Å². The van der Waals surface area contributed by atoms with Crippen molar-refractivity contribution in [1.82, 2.24) is 14.8 Å². The highest BCUT2D eigenvalue weighted by Gasteiger charge is 2.24. The fraction of sp³-hybridized carbons (Fsp3) is 0.529. The first-order valence-corrected chi connectivity index (χ1v) is 8.73. The minimum absolute atomic E-state index is 0.559. The Morgan fingerprint density at radius 2 is 2.24 bits per heavy atom. The zero-order valence-electron chi connectivity index (χ0n) is 12.5. The number of para-hydroxylation sites is 1. The third kappa shape index (κ3) is 2.33. The summed E-state index contributed by atoms with van der Waals surface area (Å²) in [4.78, 5) is 2.43. The molecule has 4 heteroatoms. The molecular weight excluding hydrogens is 326 g/mol.